The second kappa shape index (κ2) is 6.47. The number of benzene rings is 1. The molecule has 9 heteroatoms. The lowest BCUT2D eigenvalue weighted by molar-refractivity contribution is -0.187. The Morgan fingerprint density at radius 1 is 1.23 bits per heavy atom. The van der Waals surface area contributed by atoms with Gasteiger partial charge >= 0.3 is 12.1 Å². The van der Waals surface area contributed by atoms with Gasteiger partial charge in [-0.15, -0.1) is 0 Å². The lowest BCUT2D eigenvalue weighted by Crippen LogP contribution is -2.34. The van der Waals surface area contributed by atoms with Gasteiger partial charge in [0.1, 0.15) is 17.0 Å². The van der Waals surface area contributed by atoms with Gasteiger partial charge in [-0.25, -0.2) is 0 Å². The molecule has 1 saturated heterocycles. The van der Waals surface area contributed by atoms with E-state index < -0.39 is 43.0 Å². The number of aliphatic carboxylic acids is 1. The zero-order valence-electron chi connectivity index (χ0n) is 13.7. The van der Waals surface area contributed by atoms with Gasteiger partial charge < -0.3 is 14.5 Å². The Morgan fingerprint density at radius 2 is 1.88 bits per heavy atom. The zero-order chi connectivity index (χ0) is 19.1. The number of aromatic nitrogens is 1. The van der Waals surface area contributed by atoms with Crippen molar-refractivity contribution in [2.75, 3.05) is 13.1 Å². The van der Waals surface area contributed by atoms with Gasteiger partial charge in [0.25, 0.3) is 5.91 Å². The Balaban J connectivity index is 1.94. The first-order valence-corrected chi connectivity index (χ1v) is 7.80. The molecule has 1 aliphatic rings. The quantitative estimate of drug-likeness (QED) is 0.901. The molecule has 0 radical (unpaired) electrons. The first-order chi connectivity index (χ1) is 12.2. The highest BCUT2D eigenvalue weighted by atomic mass is 19.4. The van der Waals surface area contributed by atoms with Crippen molar-refractivity contribution >= 4 is 11.9 Å². The molecule has 138 valence electrons. The van der Waals surface area contributed by atoms with E-state index >= 15 is 0 Å². The minimum absolute atomic E-state index is 0.0446. The molecule has 1 amide bonds. The summed E-state index contributed by atoms with van der Waals surface area (Å²) >= 11 is 0. The van der Waals surface area contributed by atoms with E-state index in [-0.39, 0.29) is 17.0 Å². The van der Waals surface area contributed by atoms with Crippen LogP contribution in [0, 0.1) is 18.8 Å². The summed E-state index contributed by atoms with van der Waals surface area (Å²) in [5, 5.41) is 12.9. The van der Waals surface area contributed by atoms with Gasteiger partial charge in [-0.1, -0.05) is 35.5 Å². The Kier molecular flexibility index (Phi) is 4.47. The van der Waals surface area contributed by atoms with E-state index in [9.17, 15) is 22.8 Å². The molecule has 0 unspecified atom stereocenters. The fourth-order valence-electron chi connectivity index (χ4n) is 3.13. The van der Waals surface area contributed by atoms with Crippen molar-refractivity contribution in [3.8, 4) is 11.3 Å². The maximum Gasteiger partial charge on any atom is 0.394 e. The number of carboxylic acids is 1. The molecule has 1 N–H and O–H groups in total. The number of nitrogens with zero attached hydrogens (tertiary/aromatic N) is 2. The molecular formula is C17H15F3N2O4. The number of rotatable bonds is 3. The van der Waals surface area contributed by atoms with Gasteiger partial charge in [0.2, 0.25) is 0 Å². The number of likely N-dealkylation sites (tertiary alicyclic amines) is 1. The first-order valence-electron chi connectivity index (χ1n) is 7.80. The average molecular weight is 368 g/mol. The smallest absolute Gasteiger partial charge is 0.394 e. The van der Waals surface area contributed by atoms with Crippen LogP contribution in [-0.2, 0) is 4.79 Å². The SMILES string of the molecule is Cc1onc(-c2ccccc2)c1C(=O)N1C[C@@H](C(F)(F)F)[C@H](C(=O)O)C1. The molecule has 2 atom stereocenters. The van der Waals surface area contributed by atoms with Crippen LogP contribution in [0.4, 0.5) is 13.2 Å². The van der Waals surface area contributed by atoms with Gasteiger partial charge in [-0.05, 0) is 6.92 Å². The van der Waals surface area contributed by atoms with Crippen LogP contribution in [-0.4, -0.2) is 46.3 Å². The molecule has 6 nitrogen and oxygen atoms in total. The Morgan fingerprint density at radius 3 is 2.42 bits per heavy atom. The number of carbonyl (C=O) groups is 2. The highest BCUT2D eigenvalue weighted by Crippen LogP contribution is 2.39. The minimum atomic E-state index is -4.70. The molecule has 2 heterocycles. The predicted octanol–water partition coefficient (Wildman–Crippen LogP) is 2.99. The van der Waals surface area contributed by atoms with Crippen LogP contribution in [0.1, 0.15) is 16.1 Å². The van der Waals surface area contributed by atoms with Gasteiger partial charge in [-0.3, -0.25) is 9.59 Å². The number of hydrogen-bond donors (Lipinski definition) is 1. The Bertz CT molecular complexity index is 832. The summed E-state index contributed by atoms with van der Waals surface area (Å²) in [6.07, 6.45) is -4.70. The lowest BCUT2D eigenvalue weighted by Gasteiger charge is -2.18. The van der Waals surface area contributed by atoms with Crippen molar-refractivity contribution in [1.29, 1.82) is 0 Å². The van der Waals surface area contributed by atoms with Crippen LogP contribution in [0.3, 0.4) is 0 Å². The summed E-state index contributed by atoms with van der Waals surface area (Å²) < 4.78 is 44.5. The zero-order valence-corrected chi connectivity index (χ0v) is 13.7. The summed E-state index contributed by atoms with van der Waals surface area (Å²) in [7, 11) is 0. The molecule has 1 aromatic heterocycles. The molecule has 26 heavy (non-hydrogen) atoms. The minimum Gasteiger partial charge on any atom is -0.481 e. The van der Waals surface area contributed by atoms with Crippen LogP contribution in [0.2, 0.25) is 0 Å². The van der Waals surface area contributed by atoms with Gasteiger partial charge in [-0.2, -0.15) is 13.2 Å². The van der Waals surface area contributed by atoms with Gasteiger partial charge in [0.15, 0.2) is 0 Å². The molecular weight excluding hydrogens is 353 g/mol. The fourth-order valence-corrected chi connectivity index (χ4v) is 3.13. The van der Waals surface area contributed by atoms with Crippen LogP contribution < -0.4 is 0 Å². The Labute approximate surface area is 146 Å². The second-order valence-corrected chi connectivity index (χ2v) is 6.13. The first kappa shape index (κ1) is 18.0. The molecule has 3 rings (SSSR count). The van der Waals surface area contributed by atoms with E-state index in [1.54, 1.807) is 30.3 Å². The van der Waals surface area contributed by atoms with Crippen molar-refractivity contribution in [3.63, 3.8) is 0 Å². The third kappa shape index (κ3) is 3.16. The summed E-state index contributed by atoms with van der Waals surface area (Å²) in [5.74, 6) is -5.94. The van der Waals surface area contributed by atoms with E-state index in [2.05, 4.69) is 5.16 Å². The molecule has 0 bridgehead atoms. The lowest BCUT2D eigenvalue weighted by atomic mass is 9.96. The van der Waals surface area contributed by atoms with Crippen LogP contribution in [0.5, 0.6) is 0 Å². The van der Waals surface area contributed by atoms with Crippen LogP contribution >= 0.6 is 0 Å². The van der Waals surface area contributed by atoms with Crippen molar-refractivity contribution in [2.24, 2.45) is 11.8 Å². The largest absolute Gasteiger partial charge is 0.481 e. The van der Waals surface area contributed by atoms with Crippen molar-refractivity contribution in [2.45, 2.75) is 13.1 Å². The maximum absolute atomic E-state index is 13.1. The highest BCUT2D eigenvalue weighted by Gasteiger charge is 2.53. The number of carboxylic acid groups (broad SMARTS) is 1. The van der Waals surface area contributed by atoms with E-state index in [1.807, 2.05) is 0 Å². The second-order valence-electron chi connectivity index (χ2n) is 6.13. The molecule has 1 fully saturated rings. The standard InChI is InChI=1S/C17H15F3N2O4/c1-9-13(14(21-26-9)10-5-3-2-4-6-10)15(23)22-7-11(16(24)25)12(8-22)17(18,19)20/h2-6,11-12H,7-8H2,1H3,(H,24,25)/t11-,12-/m1/s1. The van der Waals surface area contributed by atoms with Gasteiger partial charge in [0.05, 0.1) is 11.8 Å². The summed E-state index contributed by atoms with van der Waals surface area (Å²) in [6, 6.07) is 8.60. The molecule has 0 spiro atoms. The number of aryl methyl sites for hydroxylation is 1. The Hall–Kier alpha value is -2.84. The van der Waals surface area contributed by atoms with Crippen LogP contribution in [0.25, 0.3) is 11.3 Å². The van der Waals surface area contributed by atoms with E-state index in [0.29, 0.717) is 5.56 Å². The number of alkyl halides is 3. The fraction of sp³-hybridized carbons (Fsp3) is 0.353. The summed E-state index contributed by atoms with van der Waals surface area (Å²) in [5.41, 5.74) is 0.840. The monoisotopic (exact) mass is 368 g/mol. The number of halogens is 3. The van der Waals surface area contributed by atoms with Crippen LogP contribution in [0.15, 0.2) is 34.9 Å². The normalized spacial score (nSPS) is 20.4. The molecule has 0 saturated carbocycles. The third-order valence-electron chi connectivity index (χ3n) is 4.47. The topological polar surface area (TPSA) is 83.6 Å². The summed E-state index contributed by atoms with van der Waals surface area (Å²) in [6.45, 7) is 0.258. The molecule has 1 aliphatic heterocycles. The van der Waals surface area contributed by atoms with E-state index in [4.69, 9.17) is 9.63 Å². The van der Waals surface area contributed by atoms with Crippen molar-refractivity contribution in [1.82, 2.24) is 10.1 Å². The highest BCUT2D eigenvalue weighted by molar-refractivity contribution is 6.01. The number of carbonyl (C=O) groups excluding carboxylic acids is 1. The van der Waals surface area contributed by atoms with Crippen molar-refractivity contribution in [3.05, 3.63) is 41.7 Å². The molecule has 1 aromatic carbocycles. The number of amides is 1. The molecule has 0 aliphatic carbocycles. The van der Waals surface area contributed by atoms with E-state index in [1.165, 1.54) is 6.92 Å². The average Bonchev–Trinajstić information content (AvgIpc) is 3.19. The predicted molar refractivity (Wildman–Crippen MR) is 83.3 cm³/mol. The number of hydrogen-bond acceptors (Lipinski definition) is 4. The maximum atomic E-state index is 13.1. The van der Waals surface area contributed by atoms with Gasteiger partial charge in [0, 0.05) is 18.7 Å². The molecule has 2 aromatic rings. The van der Waals surface area contributed by atoms with Crippen molar-refractivity contribution < 1.29 is 32.4 Å². The van der Waals surface area contributed by atoms with E-state index in [0.717, 1.165) is 4.90 Å². The summed E-state index contributed by atoms with van der Waals surface area (Å²) in [4.78, 5) is 24.9. The third-order valence-corrected chi connectivity index (χ3v) is 4.47.